The lowest BCUT2D eigenvalue weighted by atomic mass is 10.0. The molecule has 1 N–H and O–H groups in total. The van der Waals surface area contributed by atoms with Crippen molar-refractivity contribution in [2.45, 2.75) is 58.5 Å². The monoisotopic (exact) mass is 429 g/mol. The molecule has 0 saturated carbocycles. The van der Waals surface area contributed by atoms with Crippen LogP contribution in [0.1, 0.15) is 57.9 Å². The van der Waals surface area contributed by atoms with Crippen LogP contribution in [0.25, 0.3) is 28.5 Å². The van der Waals surface area contributed by atoms with Gasteiger partial charge >= 0.3 is 0 Å². The maximum Gasteiger partial charge on any atom is 0.115 e. The molecule has 0 saturated heterocycles. The molecule has 0 aliphatic heterocycles. The lowest BCUT2D eigenvalue weighted by Crippen LogP contribution is -2.08. The molecule has 3 nitrogen and oxygen atoms in total. The van der Waals surface area contributed by atoms with E-state index in [0.29, 0.717) is 6.10 Å². The zero-order chi connectivity index (χ0) is 22.6. The Balaban J connectivity index is 1.45. The topological polar surface area (TPSA) is 42.4 Å². The minimum absolute atomic E-state index is 0.265. The minimum atomic E-state index is 0.265. The fraction of sp³-hybridized carbons (Fsp3) is 0.345. The van der Waals surface area contributed by atoms with Gasteiger partial charge in [0.25, 0.3) is 0 Å². The van der Waals surface area contributed by atoms with Crippen LogP contribution in [0.3, 0.4) is 0 Å². The number of ether oxygens (including phenoxy) is 1. The third kappa shape index (κ3) is 7.65. The number of phenolic OH excluding ortho intramolecular Hbond substituents is 1. The largest absolute Gasteiger partial charge is 0.508 e. The first-order chi connectivity index (χ1) is 15.7. The van der Waals surface area contributed by atoms with Gasteiger partial charge < -0.3 is 9.84 Å². The van der Waals surface area contributed by atoms with Gasteiger partial charge in [-0.05, 0) is 74.1 Å². The highest BCUT2D eigenvalue weighted by Crippen LogP contribution is 2.24. The summed E-state index contributed by atoms with van der Waals surface area (Å²) in [7, 11) is 0. The van der Waals surface area contributed by atoms with Crippen molar-refractivity contribution in [1.29, 1.82) is 0 Å². The van der Waals surface area contributed by atoms with E-state index in [2.05, 4.69) is 61.3 Å². The maximum atomic E-state index is 9.43. The summed E-state index contributed by atoms with van der Waals surface area (Å²) in [4.78, 5) is 4.58. The second kappa shape index (κ2) is 12.8. The van der Waals surface area contributed by atoms with Crippen LogP contribution in [0, 0.1) is 0 Å². The highest BCUT2D eigenvalue weighted by atomic mass is 16.5. The third-order valence-corrected chi connectivity index (χ3v) is 5.61. The van der Waals surface area contributed by atoms with Crippen molar-refractivity contribution in [3.8, 4) is 28.1 Å². The molecule has 3 aromatic rings. The molecule has 0 bridgehead atoms. The van der Waals surface area contributed by atoms with Crippen LogP contribution in [0.5, 0.6) is 5.75 Å². The van der Waals surface area contributed by atoms with Crippen molar-refractivity contribution in [2.24, 2.45) is 0 Å². The van der Waals surface area contributed by atoms with Gasteiger partial charge in [-0.25, -0.2) is 0 Å². The Labute approximate surface area is 192 Å². The SMILES string of the molecule is CCCCCOC(C)CCC/C=C/c1ccc(-c2ccc(-c3ccc(O)cc3)nc2)cc1. The van der Waals surface area contributed by atoms with E-state index in [0.717, 1.165) is 48.3 Å². The van der Waals surface area contributed by atoms with Crippen LogP contribution in [0.15, 0.2) is 72.9 Å². The summed E-state index contributed by atoms with van der Waals surface area (Å²) in [6.45, 7) is 5.30. The summed E-state index contributed by atoms with van der Waals surface area (Å²) >= 11 is 0. The molecule has 1 aromatic heterocycles. The number of hydrogen-bond donors (Lipinski definition) is 1. The molecule has 168 valence electrons. The van der Waals surface area contributed by atoms with E-state index in [1.54, 1.807) is 12.1 Å². The summed E-state index contributed by atoms with van der Waals surface area (Å²) in [6.07, 6.45) is 13.7. The van der Waals surface area contributed by atoms with Gasteiger partial charge in [-0.1, -0.05) is 62.2 Å². The second-order valence-electron chi connectivity index (χ2n) is 8.32. The first kappa shape index (κ1) is 23.7. The normalized spacial score (nSPS) is 12.3. The fourth-order valence-electron chi connectivity index (χ4n) is 3.62. The van der Waals surface area contributed by atoms with Gasteiger partial charge in [-0.2, -0.15) is 0 Å². The summed E-state index contributed by atoms with van der Waals surface area (Å²) in [6, 6.07) is 19.8. The van der Waals surface area contributed by atoms with Crippen LogP contribution in [0.4, 0.5) is 0 Å². The molecule has 1 unspecified atom stereocenters. The molecule has 0 amide bonds. The average Bonchev–Trinajstić information content (AvgIpc) is 2.83. The molecule has 0 aliphatic rings. The van der Waals surface area contributed by atoms with Gasteiger partial charge in [0.2, 0.25) is 0 Å². The Morgan fingerprint density at radius 3 is 2.28 bits per heavy atom. The predicted octanol–water partition coefficient (Wildman–Crippen LogP) is 7.90. The van der Waals surface area contributed by atoms with E-state index in [9.17, 15) is 5.11 Å². The van der Waals surface area contributed by atoms with Gasteiger partial charge in [-0.15, -0.1) is 0 Å². The zero-order valence-electron chi connectivity index (χ0n) is 19.3. The number of benzene rings is 2. The molecular formula is C29H35NO2. The van der Waals surface area contributed by atoms with Crippen LogP contribution in [-0.2, 0) is 4.74 Å². The number of pyridine rings is 1. The number of hydrogen-bond acceptors (Lipinski definition) is 3. The highest BCUT2D eigenvalue weighted by molar-refractivity contribution is 5.68. The number of nitrogens with zero attached hydrogens (tertiary/aromatic N) is 1. The minimum Gasteiger partial charge on any atom is -0.508 e. The lowest BCUT2D eigenvalue weighted by Gasteiger charge is -2.12. The first-order valence-electron chi connectivity index (χ1n) is 11.8. The van der Waals surface area contributed by atoms with Crippen LogP contribution in [-0.4, -0.2) is 22.8 Å². The summed E-state index contributed by atoms with van der Waals surface area (Å²) in [5, 5.41) is 9.43. The van der Waals surface area contributed by atoms with Gasteiger partial charge in [0, 0.05) is 23.9 Å². The van der Waals surface area contributed by atoms with Gasteiger partial charge in [0.15, 0.2) is 0 Å². The third-order valence-electron chi connectivity index (χ3n) is 5.61. The van der Waals surface area contributed by atoms with Crippen molar-refractivity contribution >= 4 is 6.08 Å². The number of phenols is 1. The van der Waals surface area contributed by atoms with Crippen molar-refractivity contribution in [3.05, 3.63) is 78.5 Å². The molecule has 1 atom stereocenters. The molecular weight excluding hydrogens is 394 g/mol. The summed E-state index contributed by atoms with van der Waals surface area (Å²) in [5.74, 6) is 0.265. The number of aromatic hydroxyl groups is 1. The van der Waals surface area contributed by atoms with Crippen LogP contribution < -0.4 is 0 Å². The number of rotatable bonds is 12. The van der Waals surface area contributed by atoms with Crippen LogP contribution in [0.2, 0.25) is 0 Å². The number of unbranched alkanes of at least 4 members (excludes halogenated alkanes) is 3. The van der Waals surface area contributed by atoms with E-state index >= 15 is 0 Å². The lowest BCUT2D eigenvalue weighted by molar-refractivity contribution is 0.0566. The van der Waals surface area contributed by atoms with E-state index in [1.165, 1.54) is 24.8 Å². The maximum absolute atomic E-state index is 9.43. The summed E-state index contributed by atoms with van der Waals surface area (Å²) < 4.78 is 5.86. The van der Waals surface area contributed by atoms with Crippen molar-refractivity contribution in [1.82, 2.24) is 4.98 Å². The molecule has 0 aliphatic carbocycles. The van der Waals surface area contributed by atoms with Gasteiger partial charge in [0.05, 0.1) is 11.8 Å². The number of aromatic nitrogens is 1. The molecule has 2 aromatic carbocycles. The number of allylic oxidation sites excluding steroid dienone is 1. The van der Waals surface area contributed by atoms with E-state index in [4.69, 9.17) is 4.74 Å². The molecule has 3 rings (SSSR count). The smallest absolute Gasteiger partial charge is 0.115 e. The standard InChI is InChI=1S/C29H35NO2/c1-3-4-8-21-32-23(2)9-6-5-7-10-24-11-13-25(14-12-24)27-17-20-29(30-22-27)26-15-18-28(31)19-16-26/h7,10-20,22-23,31H,3-6,8-9,21H2,1-2H3/b10-7+. The Hall–Kier alpha value is -2.91. The molecule has 0 radical (unpaired) electrons. The van der Waals surface area contributed by atoms with Crippen molar-refractivity contribution < 1.29 is 9.84 Å². The van der Waals surface area contributed by atoms with Crippen molar-refractivity contribution in [3.63, 3.8) is 0 Å². The van der Waals surface area contributed by atoms with E-state index < -0.39 is 0 Å². The highest BCUT2D eigenvalue weighted by Gasteiger charge is 2.03. The average molecular weight is 430 g/mol. The van der Waals surface area contributed by atoms with Crippen molar-refractivity contribution in [2.75, 3.05) is 6.61 Å². The molecule has 1 heterocycles. The quantitative estimate of drug-likeness (QED) is 0.298. The Morgan fingerprint density at radius 1 is 0.875 bits per heavy atom. The molecule has 32 heavy (non-hydrogen) atoms. The first-order valence-corrected chi connectivity index (χ1v) is 11.8. The zero-order valence-corrected chi connectivity index (χ0v) is 19.3. The second-order valence-corrected chi connectivity index (χ2v) is 8.32. The van der Waals surface area contributed by atoms with Gasteiger partial charge in [0.1, 0.15) is 5.75 Å². The Morgan fingerprint density at radius 2 is 1.59 bits per heavy atom. The Bertz CT molecular complexity index is 944. The molecule has 3 heteroatoms. The summed E-state index contributed by atoms with van der Waals surface area (Å²) in [5.41, 5.74) is 5.35. The fourth-order valence-corrected chi connectivity index (χ4v) is 3.62. The molecule has 0 fully saturated rings. The Kier molecular flexibility index (Phi) is 9.52. The van der Waals surface area contributed by atoms with Gasteiger partial charge in [-0.3, -0.25) is 4.98 Å². The molecule has 0 spiro atoms. The van der Waals surface area contributed by atoms with Crippen LogP contribution >= 0.6 is 0 Å². The van der Waals surface area contributed by atoms with E-state index in [-0.39, 0.29) is 5.75 Å². The predicted molar refractivity (Wildman–Crippen MR) is 135 cm³/mol. The van der Waals surface area contributed by atoms with E-state index in [1.807, 2.05) is 24.4 Å².